The van der Waals surface area contributed by atoms with Gasteiger partial charge in [-0.2, -0.15) is 0 Å². The molecule has 22 nitrogen and oxygen atoms in total. The van der Waals surface area contributed by atoms with Crippen molar-refractivity contribution >= 4 is 81.1 Å². The number of ketones is 2. The molecule has 6 rings (SSSR count). The molecule has 466 valence electrons. The number of Topliss-reactive ketones (excluding diaryl/α,β-unsaturated/α-hetero) is 2. The normalized spacial score (nSPS) is 18.0. The van der Waals surface area contributed by atoms with Gasteiger partial charge in [-0.05, 0) is 66.5 Å². The van der Waals surface area contributed by atoms with Crippen LogP contribution in [-0.2, 0) is 28.8 Å². The van der Waals surface area contributed by atoms with Gasteiger partial charge in [0.25, 0.3) is 11.2 Å². The number of carboxylic acid groups (broad SMARTS) is 2. The van der Waals surface area contributed by atoms with Crippen molar-refractivity contribution in [3.05, 3.63) is 70.8 Å². The first-order valence-electron chi connectivity index (χ1n) is 29.2. The smallest absolute Gasteiger partial charge is 0.348 e. The fourth-order valence-corrected chi connectivity index (χ4v) is 11.6. The first-order valence-corrected chi connectivity index (χ1v) is 31.1. The monoisotopic (exact) mass is 1210 g/mol. The average Bonchev–Trinajstić information content (AvgIpc) is 1.21. The van der Waals surface area contributed by atoms with Crippen LogP contribution < -0.4 is 10.6 Å². The van der Waals surface area contributed by atoms with Gasteiger partial charge in [-0.3, -0.25) is 28.8 Å². The van der Waals surface area contributed by atoms with Gasteiger partial charge >= 0.3 is 24.0 Å². The Morgan fingerprint density at radius 1 is 0.524 bits per heavy atom. The summed E-state index contributed by atoms with van der Waals surface area (Å²) in [6, 6.07) is 8.87. The molecule has 2 heterocycles. The van der Waals surface area contributed by atoms with Gasteiger partial charge in [-0.15, -0.1) is 0 Å². The Bertz CT molecular complexity index is 2380. The van der Waals surface area contributed by atoms with Gasteiger partial charge in [0.1, 0.15) is 12.1 Å². The molecule has 2 aromatic rings. The number of nitrogens with one attached hydrogen (secondary N) is 2. The van der Waals surface area contributed by atoms with Gasteiger partial charge in [-0.1, -0.05) is 135 Å². The van der Waals surface area contributed by atoms with Crippen LogP contribution in [0.15, 0.2) is 48.5 Å². The van der Waals surface area contributed by atoms with Crippen molar-refractivity contribution in [2.45, 2.75) is 129 Å². The molecule has 0 aromatic heterocycles. The van der Waals surface area contributed by atoms with E-state index in [0.717, 1.165) is 63.3 Å². The minimum absolute atomic E-state index is 0.0182. The van der Waals surface area contributed by atoms with Crippen molar-refractivity contribution < 1.29 is 68.4 Å². The predicted octanol–water partition coefficient (Wildman–Crippen LogP) is 5.04. The topological polar surface area (TPSA) is 295 Å². The Morgan fingerprint density at radius 2 is 0.821 bits per heavy atom. The van der Waals surface area contributed by atoms with E-state index in [1.54, 1.807) is 51.3 Å². The number of carboxylic acids is 2. The summed E-state index contributed by atoms with van der Waals surface area (Å²) in [5, 5.41) is 46.2. The summed E-state index contributed by atoms with van der Waals surface area (Å²) in [6.07, 6.45) is 12.1. The molecule has 0 bridgehead atoms. The molecule has 2 saturated carbocycles. The fraction of sp³-hybridized carbons (Fsp3) is 0.633. The summed E-state index contributed by atoms with van der Waals surface area (Å²) >= 11 is 2.49. The zero-order valence-corrected chi connectivity index (χ0v) is 51.9. The van der Waals surface area contributed by atoms with E-state index in [1.165, 1.54) is 99.2 Å². The van der Waals surface area contributed by atoms with Crippen molar-refractivity contribution in [2.75, 3.05) is 104 Å². The van der Waals surface area contributed by atoms with Crippen molar-refractivity contribution in [1.29, 1.82) is 0 Å². The number of carbonyl (C=O) groups excluding carboxylic acids is 8. The van der Waals surface area contributed by atoms with Gasteiger partial charge in [0.2, 0.25) is 23.4 Å². The van der Waals surface area contributed by atoms with Crippen LogP contribution in [0.3, 0.4) is 0 Å². The Balaban J connectivity index is 0.000000270. The SMILES string of the molecule is CC(=O)SCCN(CCC1CCCC1)C(=O)N[C@@H](C)C(=O)N1CCN(C)CC1.CC(=O)SCCN(CCC1CCCC1)C(=O)N[C@@H](C)C(=O)N1CCN(C)CC1.Cc1ccc(C(=O)C(O)(C(=O)O)C(O)(C(=O)O)C(=O)c2ccc(C)cc2)cc1. The van der Waals surface area contributed by atoms with Gasteiger partial charge < -0.3 is 60.5 Å². The number of carbonyl (C=O) groups is 10. The Morgan fingerprint density at radius 3 is 1.10 bits per heavy atom. The lowest BCUT2D eigenvalue weighted by atomic mass is 9.73. The number of urea groups is 2. The minimum Gasteiger partial charge on any atom is -0.479 e. The second-order valence-corrected chi connectivity index (χ2v) is 25.1. The third-order valence-corrected chi connectivity index (χ3v) is 17.5. The van der Waals surface area contributed by atoms with Crippen molar-refractivity contribution in [1.82, 2.24) is 40.0 Å². The van der Waals surface area contributed by atoms with Crippen LogP contribution in [0.25, 0.3) is 0 Å². The second-order valence-electron chi connectivity index (χ2n) is 22.6. The number of hydrogen-bond donors (Lipinski definition) is 6. The zero-order valence-electron chi connectivity index (χ0n) is 50.3. The number of rotatable bonds is 23. The molecule has 4 atom stereocenters. The molecule has 2 saturated heterocycles. The molecule has 0 spiro atoms. The van der Waals surface area contributed by atoms with E-state index in [4.69, 9.17) is 0 Å². The van der Waals surface area contributed by atoms with Gasteiger partial charge in [0, 0.05) is 115 Å². The van der Waals surface area contributed by atoms with Gasteiger partial charge in [-0.25, -0.2) is 19.2 Å². The first-order chi connectivity index (χ1) is 39.7. The van der Waals surface area contributed by atoms with Gasteiger partial charge in [0.05, 0.1) is 0 Å². The molecule has 24 heteroatoms. The summed E-state index contributed by atoms with van der Waals surface area (Å²) in [5.74, 6) is -5.48. The van der Waals surface area contributed by atoms with E-state index in [0.29, 0.717) is 86.8 Å². The highest BCUT2D eigenvalue weighted by atomic mass is 32.2. The van der Waals surface area contributed by atoms with Crippen LogP contribution in [-0.4, -0.2) is 235 Å². The van der Waals surface area contributed by atoms with Crippen LogP contribution in [0.2, 0.25) is 0 Å². The molecular weight excluding hydrogens is 1120 g/mol. The lowest BCUT2D eigenvalue weighted by Crippen LogP contribution is -2.71. The number of hydrogen-bond acceptors (Lipinski definition) is 16. The highest BCUT2D eigenvalue weighted by Gasteiger charge is 2.70. The molecular formula is C60H90N8O14S2. The standard InChI is InChI=1S/2C20H36N4O3S.C20H18O8/c2*1-16(19(26)23-12-10-22(3)11-13-23)21-20(27)24(14-15-28-17(2)25)9-8-18-6-4-5-7-18;1-11-3-7-13(8-4-11)15(21)19(27,17(23)24)20(28,18(25)26)16(22)14-9-5-12(2)6-10-14/h2*16,18H,4-15H2,1-3H3,(H,21,27);3-10,27-28H,1-2H3,(H,23,24)(H,25,26)/t2*16-;/m00./s1. The van der Waals surface area contributed by atoms with Crippen LogP contribution in [0.4, 0.5) is 9.59 Å². The molecule has 0 radical (unpaired) electrons. The Kier molecular flexibility index (Phi) is 28.8. The number of likely N-dealkylation sites (N-methyl/N-ethyl adjacent to an activating group) is 2. The van der Waals surface area contributed by atoms with Crippen LogP contribution in [0.1, 0.15) is 124 Å². The van der Waals surface area contributed by atoms with E-state index in [9.17, 15) is 68.4 Å². The molecule has 2 unspecified atom stereocenters. The second kappa shape index (κ2) is 34.3. The Labute approximate surface area is 503 Å². The Hall–Kier alpha value is -5.92. The molecule has 4 fully saturated rings. The maximum absolute atomic E-state index is 12.8. The van der Waals surface area contributed by atoms with Crippen LogP contribution >= 0.6 is 23.5 Å². The number of aryl methyl sites for hydroxylation is 2. The molecule has 2 aromatic carbocycles. The van der Waals surface area contributed by atoms with Gasteiger partial charge in [0.15, 0.2) is 10.2 Å². The summed E-state index contributed by atoms with van der Waals surface area (Å²) in [4.78, 5) is 134. The average molecular weight is 1210 g/mol. The molecule has 84 heavy (non-hydrogen) atoms. The van der Waals surface area contributed by atoms with E-state index < -0.39 is 46.8 Å². The molecule has 6 amide bonds. The van der Waals surface area contributed by atoms with E-state index in [1.807, 2.05) is 23.9 Å². The minimum atomic E-state index is -3.96. The number of thioether (sulfide) groups is 2. The largest absolute Gasteiger partial charge is 0.479 e. The van der Waals surface area contributed by atoms with E-state index in [2.05, 4.69) is 20.4 Å². The summed E-state index contributed by atoms with van der Waals surface area (Å²) in [7, 11) is 4.10. The lowest BCUT2D eigenvalue weighted by Gasteiger charge is -2.34. The number of aliphatic carboxylic acids is 2. The highest BCUT2D eigenvalue weighted by molar-refractivity contribution is 8.13. The van der Waals surface area contributed by atoms with Crippen molar-refractivity contribution in [3.8, 4) is 0 Å². The maximum atomic E-state index is 12.8. The van der Waals surface area contributed by atoms with Crippen molar-refractivity contribution in [3.63, 3.8) is 0 Å². The molecule has 4 aliphatic rings. The fourth-order valence-electron chi connectivity index (χ4n) is 10.4. The summed E-state index contributed by atoms with van der Waals surface area (Å²) < 4.78 is 0. The molecule has 2 aliphatic heterocycles. The maximum Gasteiger partial charge on any atom is 0.348 e. The zero-order chi connectivity index (χ0) is 62.3. The highest BCUT2D eigenvalue weighted by Crippen LogP contribution is 2.33. The quantitative estimate of drug-likeness (QED) is 0.0627. The third kappa shape index (κ3) is 20.9. The lowest BCUT2D eigenvalue weighted by molar-refractivity contribution is -0.187. The number of aliphatic hydroxyl groups is 2. The van der Waals surface area contributed by atoms with Crippen LogP contribution in [0.5, 0.6) is 0 Å². The number of benzene rings is 2. The molecule has 6 N–H and O–H groups in total. The first kappa shape index (κ1) is 70.6. The third-order valence-electron chi connectivity index (χ3n) is 15.9. The van der Waals surface area contributed by atoms with Crippen LogP contribution in [0, 0.1) is 25.7 Å². The number of nitrogens with zero attached hydrogens (tertiary/aromatic N) is 6. The molecule has 2 aliphatic carbocycles. The summed E-state index contributed by atoms with van der Waals surface area (Å²) in [6.45, 7) is 18.7. The predicted molar refractivity (Wildman–Crippen MR) is 323 cm³/mol. The summed E-state index contributed by atoms with van der Waals surface area (Å²) in [5.41, 5.74) is -7.27. The van der Waals surface area contributed by atoms with Crippen molar-refractivity contribution in [2.24, 2.45) is 11.8 Å². The van der Waals surface area contributed by atoms with E-state index in [-0.39, 0.29) is 45.2 Å². The number of amides is 6. The van der Waals surface area contributed by atoms with E-state index >= 15 is 0 Å². The number of piperazine rings is 2.